The number of nitrogens with one attached hydrogen (secondary N) is 1. The van der Waals surface area contributed by atoms with E-state index in [1.54, 1.807) is 5.56 Å². The fourth-order valence-electron chi connectivity index (χ4n) is 4.16. The van der Waals surface area contributed by atoms with Gasteiger partial charge in [-0.3, -0.25) is 0 Å². The van der Waals surface area contributed by atoms with Crippen molar-refractivity contribution in [3.8, 4) is 0 Å². The Bertz CT molecular complexity index is 445. The molecule has 4 atom stereocenters. The molecule has 1 saturated carbocycles. The zero-order valence-corrected chi connectivity index (χ0v) is 13.6. The lowest BCUT2D eigenvalue weighted by Gasteiger charge is -2.37. The molecule has 1 fully saturated rings. The summed E-state index contributed by atoms with van der Waals surface area (Å²) in [6, 6.07) is 9.79. The van der Waals surface area contributed by atoms with Crippen molar-refractivity contribution in [2.75, 3.05) is 12.8 Å². The molecule has 0 saturated heterocycles. The van der Waals surface area contributed by atoms with Crippen LogP contribution in [-0.2, 0) is 0 Å². The molecular formula is C18H27NS. The van der Waals surface area contributed by atoms with Crippen LogP contribution in [0.5, 0.6) is 0 Å². The van der Waals surface area contributed by atoms with Crippen LogP contribution in [0.3, 0.4) is 0 Å². The van der Waals surface area contributed by atoms with E-state index >= 15 is 0 Å². The summed E-state index contributed by atoms with van der Waals surface area (Å²) < 4.78 is 0. The van der Waals surface area contributed by atoms with Crippen molar-refractivity contribution in [3.05, 3.63) is 29.8 Å². The average molecular weight is 289 g/mol. The van der Waals surface area contributed by atoms with E-state index in [4.69, 9.17) is 0 Å². The molecule has 0 bridgehead atoms. The minimum atomic E-state index is 0.746. The van der Waals surface area contributed by atoms with E-state index in [-0.39, 0.29) is 0 Å². The molecule has 4 unspecified atom stereocenters. The Balaban J connectivity index is 1.70. The van der Waals surface area contributed by atoms with Crippen LogP contribution < -0.4 is 5.32 Å². The van der Waals surface area contributed by atoms with Crippen LogP contribution in [0.2, 0.25) is 0 Å². The zero-order valence-electron chi connectivity index (χ0n) is 12.8. The molecule has 1 aromatic carbocycles. The van der Waals surface area contributed by atoms with Gasteiger partial charge in [0.05, 0.1) is 0 Å². The number of hydrogen-bond donors (Lipinski definition) is 1. The quantitative estimate of drug-likeness (QED) is 0.863. The minimum absolute atomic E-state index is 0.746. The normalized spacial score (nSPS) is 33.1. The highest BCUT2D eigenvalue weighted by molar-refractivity contribution is 7.99. The van der Waals surface area contributed by atoms with E-state index < -0.39 is 0 Å². The lowest BCUT2D eigenvalue weighted by molar-refractivity contribution is 0.190. The number of hydrogen-bond acceptors (Lipinski definition) is 2. The molecule has 0 amide bonds. The van der Waals surface area contributed by atoms with E-state index in [1.807, 2.05) is 0 Å². The Hall–Kier alpha value is -0.470. The van der Waals surface area contributed by atoms with Gasteiger partial charge in [0.2, 0.25) is 0 Å². The smallest absolute Gasteiger partial charge is 0.0107 e. The summed E-state index contributed by atoms with van der Waals surface area (Å²) >= 11 is 2.06. The fraction of sp³-hybridized carbons (Fsp3) is 0.667. The molecule has 20 heavy (non-hydrogen) atoms. The zero-order chi connectivity index (χ0) is 13.9. The highest BCUT2D eigenvalue weighted by Crippen LogP contribution is 2.45. The van der Waals surface area contributed by atoms with Crippen molar-refractivity contribution < 1.29 is 0 Å². The third kappa shape index (κ3) is 2.92. The fourth-order valence-corrected chi connectivity index (χ4v) is 5.43. The van der Waals surface area contributed by atoms with Crippen LogP contribution in [0, 0.1) is 11.8 Å². The molecular weight excluding hydrogens is 262 g/mol. The minimum Gasteiger partial charge on any atom is -0.317 e. The Morgan fingerprint density at radius 2 is 2.10 bits per heavy atom. The monoisotopic (exact) mass is 289 g/mol. The lowest BCUT2D eigenvalue weighted by atomic mass is 9.73. The van der Waals surface area contributed by atoms with Crippen LogP contribution in [0.4, 0.5) is 0 Å². The maximum absolute atomic E-state index is 3.59. The van der Waals surface area contributed by atoms with Gasteiger partial charge in [0.25, 0.3) is 0 Å². The molecule has 0 spiro atoms. The Morgan fingerprint density at radius 1 is 1.25 bits per heavy atom. The van der Waals surface area contributed by atoms with E-state index in [0.717, 1.165) is 23.8 Å². The van der Waals surface area contributed by atoms with Gasteiger partial charge in [-0.25, -0.2) is 0 Å². The average Bonchev–Trinajstić information content (AvgIpc) is 2.90. The van der Waals surface area contributed by atoms with Crippen molar-refractivity contribution in [1.82, 2.24) is 5.32 Å². The molecule has 1 heterocycles. The second-order valence-electron chi connectivity index (χ2n) is 6.52. The molecule has 2 aliphatic rings. The first-order valence-electron chi connectivity index (χ1n) is 8.20. The summed E-state index contributed by atoms with van der Waals surface area (Å²) in [6.07, 6.45) is 6.98. The van der Waals surface area contributed by atoms with E-state index in [1.165, 1.54) is 42.8 Å². The van der Waals surface area contributed by atoms with Crippen LogP contribution in [0.1, 0.15) is 50.5 Å². The lowest BCUT2D eigenvalue weighted by Crippen LogP contribution is -2.39. The number of thioether (sulfide) groups is 1. The Morgan fingerprint density at radius 3 is 2.90 bits per heavy atom. The van der Waals surface area contributed by atoms with Crippen molar-refractivity contribution >= 4 is 11.8 Å². The van der Waals surface area contributed by atoms with Crippen molar-refractivity contribution in [3.63, 3.8) is 0 Å². The Labute approximate surface area is 127 Å². The molecule has 1 N–H and O–H groups in total. The number of fused-ring (bicyclic) bond motifs is 1. The van der Waals surface area contributed by atoms with Crippen LogP contribution >= 0.6 is 11.8 Å². The van der Waals surface area contributed by atoms with Gasteiger partial charge < -0.3 is 5.32 Å². The highest BCUT2D eigenvalue weighted by Gasteiger charge is 2.33. The van der Waals surface area contributed by atoms with Gasteiger partial charge in [-0.2, -0.15) is 0 Å². The highest BCUT2D eigenvalue weighted by atomic mass is 32.2. The second-order valence-corrected chi connectivity index (χ2v) is 7.59. The first-order valence-corrected chi connectivity index (χ1v) is 9.19. The molecule has 0 aromatic heterocycles. The Kier molecular flexibility index (Phi) is 4.72. The van der Waals surface area contributed by atoms with E-state index in [2.05, 4.69) is 55.3 Å². The number of benzene rings is 1. The SMILES string of the molecule is CCC1CCC(NC)C(CC2CSc3ccccc32)C1. The predicted octanol–water partition coefficient (Wildman–Crippen LogP) is 4.68. The van der Waals surface area contributed by atoms with Crippen molar-refractivity contribution in [2.24, 2.45) is 11.8 Å². The maximum Gasteiger partial charge on any atom is 0.0107 e. The van der Waals surface area contributed by atoms with E-state index in [9.17, 15) is 0 Å². The molecule has 1 nitrogen and oxygen atoms in total. The number of rotatable bonds is 4. The van der Waals surface area contributed by atoms with Gasteiger partial charge in [0.15, 0.2) is 0 Å². The molecule has 110 valence electrons. The predicted molar refractivity (Wildman–Crippen MR) is 88.5 cm³/mol. The van der Waals surface area contributed by atoms with Gasteiger partial charge >= 0.3 is 0 Å². The van der Waals surface area contributed by atoms with Crippen LogP contribution in [0.15, 0.2) is 29.2 Å². The van der Waals surface area contributed by atoms with Gasteiger partial charge in [-0.05, 0) is 62.1 Å². The second kappa shape index (κ2) is 6.53. The van der Waals surface area contributed by atoms with Crippen molar-refractivity contribution in [1.29, 1.82) is 0 Å². The van der Waals surface area contributed by atoms with Crippen LogP contribution in [0.25, 0.3) is 0 Å². The largest absolute Gasteiger partial charge is 0.317 e. The van der Waals surface area contributed by atoms with Gasteiger partial charge in [-0.15, -0.1) is 11.8 Å². The summed E-state index contributed by atoms with van der Waals surface area (Å²) in [4.78, 5) is 1.53. The molecule has 1 aromatic rings. The molecule has 1 aliphatic carbocycles. The molecule has 1 aliphatic heterocycles. The van der Waals surface area contributed by atoms with Crippen molar-refractivity contribution in [2.45, 2.75) is 55.9 Å². The van der Waals surface area contributed by atoms with Gasteiger partial charge in [0.1, 0.15) is 0 Å². The van der Waals surface area contributed by atoms with Gasteiger partial charge in [-0.1, -0.05) is 31.5 Å². The third-order valence-electron chi connectivity index (χ3n) is 5.43. The summed E-state index contributed by atoms with van der Waals surface area (Å²) in [5.41, 5.74) is 1.62. The van der Waals surface area contributed by atoms with Crippen LogP contribution in [-0.4, -0.2) is 18.8 Å². The molecule has 2 heteroatoms. The molecule has 0 radical (unpaired) electrons. The first kappa shape index (κ1) is 14.5. The van der Waals surface area contributed by atoms with Gasteiger partial charge in [0, 0.05) is 16.7 Å². The standard InChI is InChI=1S/C18H27NS/c1-3-13-8-9-17(19-2)14(10-13)11-15-12-20-18-7-5-4-6-16(15)18/h4-7,13-15,17,19H,3,8-12H2,1-2H3. The van der Waals surface area contributed by atoms with E-state index in [0.29, 0.717) is 0 Å². The molecule has 3 rings (SSSR count). The summed E-state index contributed by atoms with van der Waals surface area (Å²) in [5.74, 6) is 3.92. The third-order valence-corrected chi connectivity index (χ3v) is 6.68. The maximum atomic E-state index is 3.59. The summed E-state index contributed by atoms with van der Waals surface area (Å²) in [7, 11) is 2.15. The summed E-state index contributed by atoms with van der Waals surface area (Å²) in [6.45, 7) is 2.36. The topological polar surface area (TPSA) is 12.0 Å². The summed E-state index contributed by atoms with van der Waals surface area (Å²) in [5, 5.41) is 3.59. The first-order chi connectivity index (χ1) is 9.81.